The predicted octanol–water partition coefficient (Wildman–Crippen LogP) is 10.5. The van der Waals surface area contributed by atoms with Gasteiger partial charge in [0.2, 0.25) is 0 Å². The van der Waals surface area contributed by atoms with Gasteiger partial charge in [0.25, 0.3) is 0 Å². The van der Waals surface area contributed by atoms with Gasteiger partial charge in [-0.3, -0.25) is 0 Å². The van der Waals surface area contributed by atoms with Crippen molar-refractivity contribution in [3.8, 4) is 56.7 Å². The molecule has 2 bridgehead atoms. The summed E-state index contributed by atoms with van der Waals surface area (Å²) in [6, 6.07) is 60.1. The molecule has 0 saturated carbocycles. The van der Waals surface area contributed by atoms with Gasteiger partial charge in [0.15, 0.2) is 17.5 Å². The number of rotatable bonds is 5. The van der Waals surface area contributed by atoms with Gasteiger partial charge in [-0.05, 0) is 51.6 Å². The Morgan fingerprint density at radius 1 is 0.333 bits per heavy atom. The van der Waals surface area contributed by atoms with Crippen molar-refractivity contribution in [2.75, 3.05) is 0 Å². The monoisotopic (exact) mass is 650 g/mol. The van der Waals surface area contributed by atoms with E-state index in [0.29, 0.717) is 29.3 Å². The zero-order valence-electron chi connectivity index (χ0n) is 27.6. The van der Waals surface area contributed by atoms with Crippen LogP contribution in [0.1, 0.15) is 45.2 Å². The highest BCUT2D eigenvalue weighted by Crippen LogP contribution is 2.76. The molecule has 6 aromatic carbocycles. The van der Waals surface area contributed by atoms with E-state index in [2.05, 4.69) is 109 Å². The fourth-order valence-electron chi connectivity index (χ4n) is 9.12. The van der Waals surface area contributed by atoms with E-state index in [4.69, 9.17) is 19.9 Å². The standard InChI is InChI=1S/C47H30N4/c1-3-12-30(13-4-1)44-49-45(31-14-5-2-6-15-31)51-46(50-44)32-24-22-29(23-25-32)40-20-11-21-41(48-40)33-26-27-36-39(28-33)47-37-18-9-7-16-34(37)42(43(36)47)35-17-8-10-19-38(35)47/h1-28,42-43H/t42?,43-,47?/m0/s1. The molecule has 0 unspecified atom stereocenters. The van der Waals surface area contributed by atoms with Crippen LogP contribution in [-0.4, -0.2) is 19.9 Å². The van der Waals surface area contributed by atoms with Crippen molar-refractivity contribution >= 4 is 0 Å². The van der Waals surface area contributed by atoms with Crippen LogP contribution in [0.5, 0.6) is 0 Å². The molecule has 0 fully saturated rings. The fraction of sp³-hybridized carbons (Fsp3) is 0.0638. The molecule has 0 N–H and O–H groups in total. The van der Waals surface area contributed by atoms with Crippen molar-refractivity contribution in [1.29, 1.82) is 0 Å². The summed E-state index contributed by atoms with van der Waals surface area (Å²) in [5.41, 5.74) is 15.7. The molecule has 0 amide bonds. The zero-order valence-corrected chi connectivity index (χ0v) is 27.6. The zero-order chi connectivity index (χ0) is 33.5. The lowest BCUT2D eigenvalue weighted by Crippen LogP contribution is -2.40. The smallest absolute Gasteiger partial charge is 0.164 e. The molecule has 2 heterocycles. The van der Waals surface area contributed by atoms with Gasteiger partial charge in [-0.2, -0.15) is 0 Å². The first-order valence-electron chi connectivity index (χ1n) is 17.6. The van der Waals surface area contributed by atoms with Gasteiger partial charge in [-0.15, -0.1) is 0 Å². The van der Waals surface area contributed by atoms with E-state index >= 15 is 0 Å². The Bertz CT molecular complexity index is 2540. The molecule has 3 aliphatic carbocycles. The van der Waals surface area contributed by atoms with Gasteiger partial charge in [0, 0.05) is 39.7 Å². The summed E-state index contributed by atoms with van der Waals surface area (Å²) < 4.78 is 0. The topological polar surface area (TPSA) is 51.6 Å². The average molecular weight is 651 g/mol. The third kappa shape index (κ3) is 4.02. The number of aromatic nitrogens is 4. The Morgan fingerprint density at radius 2 is 0.804 bits per heavy atom. The van der Waals surface area contributed by atoms with E-state index in [9.17, 15) is 0 Å². The highest BCUT2D eigenvalue weighted by atomic mass is 15.0. The minimum atomic E-state index is -0.0631. The van der Waals surface area contributed by atoms with Crippen LogP contribution in [0, 0.1) is 0 Å². The Kier molecular flexibility index (Phi) is 5.97. The first kappa shape index (κ1) is 28.3. The predicted molar refractivity (Wildman–Crippen MR) is 202 cm³/mol. The number of nitrogens with zero attached hydrogens (tertiary/aromatic N) is 4. The Balaban J connectivity index is 0.950. The van der Waals surface area contributed by atoms with Crippen molar-refractivity contribution in [1.82, 2.24) is 19.9 Å². The quantitative estimate of drug-likeness (QED) is 0.186. The molecule has 0 radical (unpaired) electrons. The fourth-order valence-corrected chi connectivity index (χ4v) is 9.12. The van der Waals surface area contributed by atoms with Gasteiger partial charge in [-0.25, -0.2) is 19.9 Å². The van der Waals surface area contributed by atoms with Crippen LogP contribution in [0.2, 0.25) is 0 Å². The first-order valence-corrected chi connectivity index (χ1v) is 17.6. The second kappa shape index (κ2) is 10.7. The van der Waals surface area contributed by atoms with Gasteiger partial charge < -0.3 is 0 Å². The Morgan fingerprint density at radius 3 is 1.39 bits per heavy atom. The normalized spacial score (nSPS) is 18.7. The van der Waals surface area contributed by atoms with Crippen molar-refractivity contribution < 1.29 is 0 Å². The summed E-state index contributed by atoms with van der Waals surface area (Å²) >= 11 is 0. The third-order valence-corrected chi connectivity index (χ3v) is 11.2. The number of hydrogen-bond acceptors (Lipinski definition) is 4. The molecule has 0 saturated heterocycles. The van der Waals surface area contributed by atoms with E-state index in [0.717, 1.165) is 39.2 Å². The number of fused-ring (bicyclic) bond motifs is 5. The number of hydrogen-bond donors (Lipinski definition) is 0. The Labute approximate surface area is 296 Å². The molecule has 0 spiro atoms. The Hall–Kier alpha value is -6.52. The maximum Gasteiger partial charge on any atom is 0.164 e. The van der Waals surface area contributed by atoms with Gasteiger partial charge in [0.1, 0.15) is 0 Å². The summed E-state index contributed by atoms with van der Waals surface area (Å²) in [6.45, 7) is 0. The lowest BCUT2D eigenvalue weighted by atomic mass is 9.55. The molecule has 4 nitrogen and oxygen atoms in total. The summed E-state index contributed by atoms with van der Waals surface area (Å²) in [7, 11) is 0. The summed E-state index contributed by atoms with van der Waals surface area (Å²) in [5, 5.41) is 0. The van der Waals surface area contributed by atoms with Crippen molar-refractivity contribution in [2.45, 2.75) is 17.3 Å². The van der Waals surface area contributed by atoms with Crippen molar-refractivity contribution in [2.24, 2.45) is 0 Å². The first-order chi connectivity index (χ1) is 25.3. The molecule has 3 aliphatic rings. The van der Waals surface area contributed by atoms with E-state index in [-0.39, 0.29) is 5.41 Å². The molecule has 0 aliphatic heterocycles. The molecule has 8 aromatic rings. The van der Waals surface area contributed by atoms with Crippen molar-refractivity contribution in [3.05, 3.63) is 203 Å². The van der Waals surface area contributed by atoms with E-state index < -0.39 is 0 Å². The SMILES string of the molecule is c1ccc(-c2nc(-c3ccccc3)nc(-c3ccc(-c4cccc(-c5ccc6c(c5)C57c8ccccc8C(c8ccccc85)[C@H]67)n4)cc3)n2)cc1. The molecule has 2 aromatic heterocycles. The van der Waals surface area contributed by atoms with Crippen LogP contribution in [-0.2, 0) is 5.41 Å². The van der Waals surface area contributed by atoms with Crippen LogP contribution < -0.4 is 0 Å². The lowest BCUT2D eigenvalue weighted by Gasteiger charge is -2.46. The summed E-state index contributed by atoms with van der Waals surface area (Å²) in [6.07, 6.45) is 0. The maximum absolute atomic E-state index is 5.21. The van der Waals surface area contributed by atoms with Crippen LogP contribution in [0.3, 0.4) is 0 Å². The second-order valence-corrected chi connectivity index (χ2v) is 13.8. The van der Waals surface area contributed by atoms with E-state index in [1.54, 1.807) is 0 Å². The van der Waals surface area contributed by atoms with E-state index in [1.807, 2.05) is 60.7 Å². The minimum Gasteiger partial charge on any atom is -0.248 e. The second-order valence-electron chi connectivity index (χ2n) is 13.8. The van der Waals surface area contributed by atoms with Gasteiger partial charge in [-0.1, -0.05) is 152 Å². The van der Waals surface area contributed by atoms with Crippen molar-refractivity contribution in [3.63, 3.8) is 0 Å². The molecule has 51 heavy (non-hydrogen) atoms. The number of pyridine rings is 1. The molecule has 11 rings (SSSR count). The highest BCUT2D eigenvalue weighted by molar-refractivity contribution is 5.81. The van der Waals surface area contributed by atoms with Gasteiger partial charge in [0.05, 0.1) is 16.8 Å². The highest BCUT2D eigenvalue weighted by Gasteiger charge is 2.67. The molecular formula is C47H30N4. The summed E-state index contributed by atoms with van der Waals surface area (Å²) in [4.78, 5) is 19.9. The average Bonchev–Trinajstić information content (AvgIpc) is 3.62. The minimum absolute atomic E-state index is 0.0631. The molecular weight excluding hydrogens is 621 g/mol. The number of benzene rings is 6. The third-order valence-electron chi connectivity index (χ3n) is 11.2. The molecule has 1 atom stereocenters. The van der Waals surface area contributed by atoms with Crippen LogP contribution in [0.15, 0.2) is 170 Å². The lowest BCUT2D eigenvalue weighted by molar-refractivity contribution is 0.461. The maximum atomic E-state index is 5.21. The summed E-state index contributed by atoms with van der Waals surface area (Å²) in [5.74, 6) is 2.86. The molecule has 238 valence electrons. The van der Waals surface area contributed by atoms with Gasteiger partial charge >= 0.3 is 0 Å². The largest absolute Gasteiger partial charge is 0.248 e. The van der Waals surface area contributed by atoms with Crippen LogP contribution in [0.25, 0.3) is 56.7 Å². The van der Waals surface area contributed by atoms with Crippen LogP contribution in [0.4, 0.5) is 0 Å². The molecule has 4 heteroatoms. The van der Waals surface area contributed by atoms with Crippen LogP contribution >= 0.6 is 0 Å². The van der Waals surface area contributed by atoms with E-state index in [1.165, 1.54) is 33.4 Å².